The molecule has 84 valence electrons. The average molecular weight is 210 g/mol. The van der Waals surface area contributed by atoms with Gasteiger partial charge in [-0.1, -0.05) is 26.0 Å². The molecule has 1 unspecified atom stereocenters. The van der Waals surface area contributed by atoms with Crippen molar-refractivity contribution < 1.29 is 4.39 Å². The van der Waals surface area contributed by atoms with Crippen LogP contribution in [0.5, 0.6) is 0 Å². The van der Waals surface area contributed by atoms with Crippen LogP contribution in [-0.2, 0) is 0 Å². The highest BCUT2D eigenvalue weighted by Crippen LogP contribution is 2.16. The monoisotopic (exact) mass is 210 g/mol. The van der Waals surface area contributed by atoms with E-state index in [9.17, 15) is 4.39 Å². The van der Waals surface area contributed by atoms with Gasteiger partial charge in [0.25, 0.3) is 0 Å². The van der Waals surface area contributed by atoms with E-state index in [1.165, 1.54) is 0 Å². The van der Waals surface area contributed by atoms with Crippen LogP contribution in [-0.4, -0.2) is 12.6 Å². The highest BCUT2D eigenvalue weighted by molar-refractivity contribution is 5.26. The number of rotatable bonds is 4. The molecule has 3 heteroatoms. The molecule has 15 heavy (non-hydrogen) atoms. The molecule has 0 bridgehead atoms. The van der Waals surface area contributed by atoms with E-state index in [4.69, 9.17) is 5.73 Å². The van der Waals surface area contributed by atoms with E-state index in [1.54, 1.807) is 19.1 Å². The van der Waals surface area contributed by atoms with Crippen molar-refractivity contribution in [3.05, 3.63) is 35.1 Å². The maximum atomic E-state index is 13.3. The molecule has 2 nitrogen and oxygen atoms in total. The Morgan fingerprint density at radius 1 is 1.40 bits per heavy atom. The van der Waals surface area contributed by atoms with E-state index in [0.29, 0.717) is 18.2 Å². The first-order valence-corrected chi connectivity index (χ1v) is 5.26. The van der Waals surface area contributed by atoms with Crippen LogP contribution in [0.15, 0.2) is 18.2 Å². The lowest BCUT2D eigenvalue weighted by Gasteiger charge is -2.20. The van der Waals surface area contributed by atoms with Crippen LogP contribution in [0.3, 0.4) is 0 Å². The highest BCUT2D eigenvalue weighted by atomic mass is 19.1. The minimum Gasteiger partial charge on any atom is -0.329 e. The predicted molar refractivity (Wildman–Crippen MR) is 61.2 cm³/mol. The lowest BCUT2D eigenvalue weighted by Crippen LogP contribution is -2.33. The van der Waals surface area contributed by atoms with Crippen LogP contribution >= 0.6 is 0 Å². The lowest BCUT2D eigenvalue weighted by atomic mass is 10.0. The summed E-state index contributed by atoms with van der Waals surface area (Å²) in [5.41, 5.74) is 7.23. The van der Waals surface area contributed by atoms with Crippen molar-refractivity contribution in [1.29, 1.82) is 0 Å². The Morgan fingerprint density at radius 2 is 2.07 bits per heavy atom. The fourth-order valence-corrected chi connectivity index (χ4v) is 1.53. The Hall–Kier alpha value is -0.930. The summed E-state index contributed by atoms with van der Waals surface area (Å²) in [5, 5.41) is 3.30. The molecule has 0 heterocycles. The first kappa shape index (κ1) is 12.1. The fourth-order valence-electron chi connectivity index (χ4n) is 1.53. The molecule has 0 fully saturated rings. The zero-order valence-electron chi connectivity index (χ0n) is 9.55. The first-order chi connectivity index (χ1) is 7.04. The van der Waals surface area contributed by atoms with Gasteiger partial charge in [-0.3, -0.25) is 0 Å². The van der Waals surface area contributed by atoms with Gasteiger partial charge in [-0.05, 0) is 24.1 Å². The van der Waals surface area contributed by atoms with Crippen molar-refractivity contribution in [1.82, 2.24) is 5.32 Å². The van der Waals surface area contributed by atoms with Gasteiger partial charge in [0.2, 0.25) is 0 Å². The van der Waals surface area contributed by atoms with Gasteiger partial charge < -0.3 is 11.1 Å². The molecule has 0 radical (unpaired) electrons. The van der Waals surface area contributed by atoms with Gasteiger partial charge in [0.1, 0.15) is 5.82 Å². The van der Waals surface area contributed by atoms with Crippen molar-refractivity contribution in [2.75, 3.05) is 6.54 Å². The van der Waals surface area contributed by atoms with Crippen LogP contribution in [0.4, 0.5) is 4.39 Å². The fraction of sp³-hybridized carbons (Fsp3) is 0.500. The van der Waals surface area contributed by atoms with Gasteiger partial charge in [0, 0.05) is 18.6 Å². The Balaban J connectivity index is 2.87. The molecule has 0 aromatic heterocycles. The molecule has 1 aromatic rings. The van der Waals surface area contributed by atoms with Gasteiger partial charge in [0.05, 0.1) is 0 Å². The van der Waals surface area contributed by atoms with Crippen LogP contribution in [0.2, 0.25) is 0 Å². The van der Waals surface area contributed by atoms with Crippen LogP contribution in [0.1, 0.15) is 31.0 Å². The smallest absolute Gasteiger partial charge is 0.126 e. The SMILES string of the molecule is Cc1ccc(C(CN)NC(C)C)cc1F. The standard InChI is InChI=1S/C12H19FN2/c1-8(2)15-12(7-14)10-5-4-9(3)11(13)6-10/h4-6,8,12,15H,7,14H2,1-3H3. The Kier molecular flexibility index (Phi) is 4.24. The maximum Gasteiger partial charge on any atom is 0.126 e. The van der Waals surface area contributed by atoms with Gasteiger partial charge in [-0.25, -0.2) is 4.39 Å². The number of nitrogens with two attached hydrogens (primary N) is 1. The molecule has 3 N–H and O–H groups in total. The number of aryl methyl sites for hydroxylation is 1. The van der Waals surface area contributed by atoms with Crippen molar-refractivity contribution in [3.63, 3.8) is 0 Å². The minimum atomic E-state index is -0.170. The second kappa shape index (κ2) is 5.24. The van der Waals surface area contributed by atoms with Crippen LogP contribution in [0.25, 0.3) is 0 Å². The second-order valence-corrected chi connectivity index (χ2v) is 4.12. The van der Waals surface area contributed by atoms with Crippen LogP contribution in [0, 0.1) is 12.7 Å². The third-order valence-electron chi connectivity index (χ3n) is 2.37. The molecular formula is C12H19FN2. The highest BCUT2D eigenvalue weighted by Gasteiger charge is 2.11. The lowest BCUT2D eigenvalue weighted by molar-refractivity contribution is 0.481. The Bertz CT molecular complexity index is 323. The summed E-state index contributed by atoms with van der Waals surface area (Å²) in [6.45, 7) is 6.33. The summed E-state index contributed by atoms with van der Waals surface area (Å²) in [6.07, 6.45) is 0. The third kappa shape index (κ3) is 3.29. The van der Waals surface area contributed by atoms with Gasteiger partial charge in [-0.15, -0.1) is 0 Å². The summed E-state index contributed by atoms with van der Waals surface area (Å²) in [7, 11) is 0. The summed E-state index contributed by atoms with van der Waals surface area (Å²) in [4.78, 5) is 0. The number of halogens is 1. The maximum absolute atomic E-state index is 13.3. The molecule has 0 aliphatic rings. The molecule has 1 rings (SSSR count). The molecule has 0 saturated carbocycles. The third-order valence-corrected chi connectivity index (χ3v) is 2.37. The molecule has 0 aliphatic carbocycles. The van der Waals surface area contributed by atoms with Gasteiger partial charge in [-0.2, -0.15) is 0 Å². The van der Waals surface area contributed by atoms with Crippen molar-refractivity contribution >= 4 is 0 Å². The Labute approximate surface area is 90.7 Å². The van der Waals surface area contributed by atoms with Crippen molar-refractivity contribution in [3.8, 4) is 0 Å². The topological polar surface area (TPSA) is 38.0 Å². The van der Waals surface area contributed by atoms with Crippen molar-refractivity contribution in [2.45, 2.75) is 32.9 Å². The van der Waals surface area contributed by atoms with Crippen LogP contribution < -0.4 is 11.1 Å². The normalized spacial score (nSPS) is 13.2. The van der Waals surface area contributed by atoms with Gasteiger partial charge in [0.15, 0.2) is 0 Å². The molecule has 0 aliphatic heterocycles. The molecule has 0 saturated heterocycles. The van der Waals surface area contributed by atoms with E-state index in [2.05, 4.69) is 5.32 Å². The zero-order chi connectivity index (χ0) is 11.4. The quantitative estimate of drug-likeness (QED) is 0.799. The predicted octanol–water partition coefficient (Wildman–Crippen LogP) is 2.13. The summed E-state index contributed by atoms with van der Waals surface area (Å²) in [5.74, 6) is -0.170. The zero-order valence-corrected chi connectivity index (χ0v) is 9.55. The number of hydrogen-bond acceptors (Lipinski definition) is 2. The molecular weight excluding hydrogens is 191 g/mol. The van der Waals surface area contributed by atoms with E-state index in [0.717, 1.165) is 5.56 Å². The Morgan fingerprint density at radius 3 is 2.53 bits per heavy atom. The van der Waals surface area contributed by atoms with Crippen molar-refractivity contribution in [2.24, 2.45) is 5.73 Å². The number of hydrogen-bond donors (Lipinski definition) is 2. The van der Waals surface area contributed by atoms with E-state index in [-0.39, 0.29) is 11.9 Å². The molecule has 0 spiro atoms. The summed E-state index contributed by atoms with van der Waals surface area (Å²) < 4.78 is 13.3. The second-order valence-electron chi connectivity index (χ2n) is 4.12. The van der Waals surface area contributed by atoms with E-state index < -0.39 is 0 Å². The largest absolute Gasteiger partial charge is 0.329 e. The minimum absolute atomic E-state index is 0.0279. The summed E-state index contributed by atoms with van der Waals surface area (Å²) in [6, 6.07) is 5.63. The van der Waals surface area contributed by atoms with E-state index >= 15 is 0 Å². The molecule has 1 aromatic carbocycles. The van der Waals surface area contributed by atoms with E-state index in [1.807, 2.05) is 19.9 Å². The number of nitrogens with one attached hydrogen (secondary N) is 1. The summed E-state index contributed by atoms with van der Waals surface area (Å²) >= 11 is 0. The molecule has 1 atom stereocenters. The number of benzene rings is 1. The molecule has 0 amide bonds. The first-order valence-electron chi connectivity index (χ1n) is 5.26. The average Bonchev–Trinajstić information content (AvgIpc) is 2.18. The van der Waals surface area contributed by atoms with Gasteiger partial charge >= 0.3 is 0 Å².